The topological polar surface area (TPSA) is 15.3 Å². The molecule has 3 heteroatoms. The molecule has 1 aromatic carbocycles. The Morgan fingerprint density at radius 2 is 2.00 bits per heavy atom. The summed E-state index contributed by atoms with van der Waals surface area (Å²) >= 11 is 6.52. The zero-order chi connectivity index (χ0) is 15.2. The van der Waals surface area contributed by atoms with Gasteiger partial charge in [-0.05, 0) is 50.4 Å². The predicted molar refractivity (Wildman–Crippen MR) is 93.4 cm³/mol. The molecule has 0 saturated heterocycles. The molecule has 0 heterocycles. The summed E-state index contributed by atoms with van der Waals surface area (Å²) in [5.41, 5.74) is 2.45. The lowest BCUT2D eigenvalue weighted by Crippen LogP contribution is -2.33. The zero-order valence-corrected chi connectivity index (χ0v) is 14.4. The van der Waals surface area contributed by atoms with Gasteiger partial charge in [-0.1, -0.05) is 43.9 Å². The van der Waals surface area contributed by atoms with E-state index in [0.717, 1.165) is 18.0 Å². The highest BCUT2D eigenvalue weighted by molar-refractivity contribution is 6.31. The minimum absolute atomic E-state index is 0.312. The van der Waals surface area contributed by atoms with Gasteiger partial charge in [0.1, 0.15) is 0 Å². The van der Waals surface area contributed by atoms with Gasteiger partial charge in [0.05, 0.1) is 0 Å². The number of hydrogen-bond donors (Lipinski definition) is 1. The van der Waals surface area contributed by atoms with Crippen LogP contribution in [0, 0.1) is 0 Å². The van der Waals surface area contributed by atoms with Crippen molar-refractivity contribution in [2.45, 2.75) is 64.5 Å². The van der Waals surface area contributed by atoms with Crippen LogP contribution in [-0.2, 0) is 0 Å². The van der Waals surface area contributed by atoms with Crippen molar-refractivity contribution in [3.8, 4) is 0 Å². The Hall–Kier alpha value is -0.730. The SMILES string of the molecule is CCCNC(C)c1ccc(N(C)C2CCCCC2)cc1Cl. The fraction of sp³-hybridized carbons (Fsp3) is 0.667. The molecule has 0 aliphatic heterocycles. The fourth-order valence-electron chi connectivity index (χ4n) is 3.24. The van der Waals surface area contributed by atoms with Crippen molar-refractivity contribution in [2.75, 3.05) is 18.5 Å². The summed E-state index contributed by atoms with van der Waals surface area (Å²) in [6, 6.07) is 7.53. The van der Waals surface area contributed by atoms with Crippen molar-refractivity contribution >= 4 is 17.3 Å². The van der Waals surface area contributed by atoms with Crippen molar-refractivity contribution in [2.24, 2.45) is 0 Å². The average Bonchev–Trinajstić information content (AvgIpc) is 2.52. The Labute approximate surface area is 134 Å². The normalized spacial score (nSPS) is 17.7. The van der Waals surface area contributed by atoms with Gasteiger partial charge >= 0.3 is 0 Å². The molecule has 0 amide bonds. The molecular weight excluding hydrogens is 280 g/mol. The number of nitrogens with zero attached hydrogens (tertiary/aromatic N) is 1. The van der Waals surface area contributed by atoms with Gasteiger partial charge in [-0.3, -0.25) is 0 Å². The summed E-state index contributed by atoms with van der Waals surface area (Å²) in [5, 5.41) is 4.38. The van der Waals surface area contributed by atoms with Crippen LogP contribution >= 0.6 is 11.6 Å². The molecule has 1 N–H and O–H groups in total. The Bertz CT molecular complexity index is 441. The Balaban J connectivity index is 2.06. The van der Waals surface area contributed by atoms with Crippen LogP contribution in [0.5, 0.6) is 0 Å². The van der Waals surface area contributed by atoms with Crippen molar-refractivity contribution in [1.82, 2.24) is 5.32 Å². The van der Waals surface area contributed by atoms with Crippen molar-refractivity contribution < 1.29 is 0 Å². The number of hydrogen-bond acceptors (Lipinski definition) is 2. The molecule has 2 rings (SSSR count). The summed E-state index contributed by atoms with van der Waals surface area (Å²) < 4.78 is 0. The second kappa shape index (κ2) is 8.05. The lowest BCUT2D eigenvalue weighted by Gasteiger charge is -2.33. The van der Waals surface area contributed by atoms with Crippen LogP contribution in [0.1, 0.15) is 64.0 Å². The van der Waals surface area contributed by atoms with Crippen molar-refractivity contribution in [3.05, 3.63) is 28.8 Å². The Morgan fingerprint density at radius 3 is 2.62 bits per heavy atom. The van der Waals surface area contributed by atoms with Gasteiger partial charge in [0, 0.05) is 29.8 Å². The van der Waals surface area contributed by atoms with Gasteiger partial charge in [0.2, 0.25) is 0 Å². The molecule has 0 radical (unpaired) electrons. The monoisotopic (exact) mass is 308 g/mol. The maximum absolute atomic E-state index is 6.52. The van der Waals surface area contributed by atoms with Crippen molar-refractivity contribution in [3.63, 3.8) is 0 Å². The number of nitrogens with one attached hydrogen (secondary N) is 1. The van der Waals surface area contributed by atoms with Gasteiger partial charge < -0.3 is 10.2 Å². The van der Waals surface area contributed by atoms with Crippen LogP contribution in [-0.4, -0.2) is 19.6 Å². The van der Waals surface area contributed by atoms with Crippen LogP contribution in [0.2, 0.25) is 5.02 Å². The molecule has 0 aromatic heterocycles. The second-order valence-corrected chi connectivity index (χ2v) is 6.69. The van der Waals surface area contributed by atoms with Crippen LogP contribution in [0.4, 0.5) is 5.69 Å². The molecule has 118 valence electrons. The number of rotatable bonds is 6. The Morgan fingerprint density at radius 1 is 1.29 bits per heavy atom. The number of halogens is 1. The van der Waals surface area contributed by atoms with Crippen LogP contribution in [0.25, 0.3) is 0 Å². The molecule has 1 aromatic rings. The quantitative estimate of drug-likeness (QED) is 0.780. The lowest BCUT2D eigenvalue weighted by molar-refractivity contribution is 0.427. The first-order valence-electron chi connectivity index (χ1n) is 8.39. The summed E-state index contributed by atoms with van der Waals surface area (Å²) in [6.07, 6.45) is 7.88. The molecule has 21 heavy (non-hydrogen) atoms. The first kappa shape index (κ1) is 16.6. The van der Waals surface area contributed by atoms with Gasteiger partial charge in [-0.15, -0.1) is 0 Å². The van der Waals surface area contributed by atoms with E-state index in [1.807, 2.05) is 0 Å². The van der Waals surface area contributed by atoms with E-state index in [1.165, 1.54) is 43.4 Å². The van der Waals surface area contributed by atoms with E-state index in [4.69, 9.17) is 11.6 Å². The molecule has 1 aliphatic carbocycles. The summed E-state index contributed by atoms with van der Waals surface area (Å²) in [5.74, 6) is 0. The van der Waals surface area contributed by atoms with E-state index in [1.54, 1.807) is 0 Å². The second-order valence-electron chi connectivity index (χ2n) is 6.28. The van der Waals surface area contributed by atoms with Crippen LogP contribution in [0.15, 0.2) is 18.2 Å². The first-order chi connectivity index (χ1) is 10.1. The van der Waals surface area contributed by atoms with Gasteiger partial charge in [-0.25, -0.2) is 0 Å². The van der Waals surface area contributed by atoms with E-state index < -0.39 is 0 Å². The summed E-state index contributed by atoms with van der Waals surface area (Å²) in [6.45, 7) is 5.40. The minimum Gasteiger partial charge on any atom is -0.372 e. The average molecular weight is 309 g/mol. The Kier molecular flexibility index (Phi) is 6.38. The van der Waals surface area contributed by atoms with Crippen LogP contribution < -0.4 is 10.2 Å². The van der Waals surface area contributed by atoms with Gasteiger partial charge in [0.25, 0.3) is 0 Å². The highest BCUT2D eigenvalue weighted by Gasteiger charge is 2.19. The smallest absolute Gasteiger partial charge is 0.0474 e. The lowest BCUT2D eigenvalue weighted by atomic mass is 9.94. The fourth-order valence-corrected chi connectivity index (χ4v) is 3.58. The number of benzene rings is 1. The van der Waals surface area contributed by atoms with Crippen LogP contribution in [0.3, 0.4) is 0 Å². The molecule has 2 nitrogen and oxygen atoms in total. The van der Waals surface area contributed by atoms with Crippen molar-refractivity contribution in [1.29, 1.82) is 0 Å². The third-order valence-corrected chi connectivity index (χ3v) is 5.01. The molecule has 0 spiro atoms. The maximum Gasteiger partial charge on any atom is 0.0474 e. The predicted octanol–water partition coefficient (Wildman–Crippen LogP) is 5.17. The van der Waals surface area contributed by atoms with Gasteiger partial charge in [0.15, 0.2) is 0 Å². The highest BCUT2D eigenvalue weighted by Crippen LogP contribution is 2.31. The molecule has 1 unspecified atom stereocenters. The van der Waals surface area contributed by atoms with E-state index in [9.17, 15) is 0 Å². The minimum atomic E-state index is 0.312. The maximum atomic E-state index is 6.52. The summed E-state index contributed by atoms with van der Waals surface area (Å²) in [4.78, 5) is 2.42. The third-order valence-electron chi connectivity index (χ3n) is 4.68. The molecule has 1 fully saturated rings. The zero-order valence-electron chi connectivity index (χ0n) is 13.7. The third kappa shape index (κ3) is 4.37. The van der Waals surface area contributed by atoms with Gasteiger partial charge in [-0.2, -0.15) is 0 Å². The largest absolute Gasteiger partial charge is 0.372 e. The van der Waals surface area contributed by atoms with E-state index in [2.05, 4.69) is 49.3 Å². The standard InChI is InChI=1S/C18H29ClN2/c1-4-12-20-14(2)17-11-10-16(13-18(17)19)21(3)15-8-6-5-7-9-15/h10-11,13-15,20H,4-9,12H2,1-3H3. The number of anilines is 1. The summed E-state index contributed by atoms with van der Waals surface area (Å²) in [7, 11) is 2.21. The molecular formula is C18H29ClN2. The first-order valence-corrected chi connectivity index (χ1v) is 8.77. The van der Waals surface area contributed by atoms with E-state index >= 15 is 0 Å². The van der Waals surface area contributed by atoms with E-state index in [-0.39, 0.29) is 0 Å². The molecule has 0 bridgehead atoms. The molecule has 1 saturated carbocycles. The highest BCUT2D eigenvalue weighted by atomic mass is 35.5. The molecule has 1 aliphatic rings. The van der Waals surface area contributed by atoms with E-state index in [0.29, 0.717) is 12.1 Å². The molecule has 1 atom stereocenters.